The number of carbonyl (C=O) groups is 1. The molecule has 0 aliphatic carbocycles. The lowest BCUT2D eigenvalue weighted by molar-refractivity contribution is -0.136. The van der Waals surface area contributed by atoms with Crippen molar-refractivity contribution in [3.63, 3.8) is 0 Å². The van der Waals surface area contributed by atoms with Crippen LogP contribution in [0.4, 0.5) is 0 Å². The first kappa shape index (κ1) is 13.9. The highest BCUT2D eigenvalue weighted by molar-refractivity contribution is 5.79. The van der Waals surface area contributed by atoms with E-state index in [1.165, 1.54) is 32.1 Å². The summed E-state index contributed by atoms with van der Waals surface area (Å²) in [7, 11) is 0. The Morgan fingerprint density at radius 1 is 1.17 bits per heavy atom. The largest absolute Gasteiger partial charge is 0.342 e. The van der Waals surface area contributed by atoms with E-state index in [-0.39, 0.29) is 0 Å². The Morgan fingerprint density at radius 2 is 1.94 bits per heavy atom. The van der Waals surface area contributed by atoms with Crippen molar-refractivity contribution in [3.05, 3.63) is 0 Å². The first-order valence-electron chi connectivity index (χ1n) is 7.80. The van der Waals surface area contributed by atoms with Crippen LogP contribution >= 0.6 is 0 Å². The number of nitrogens with zero attached hydrogens (tertiary/aromatic N) is 1. The smallest absolute Gasteiger partial charge is 0.225 e. The Labute approximate surface area is 111 Å². The molecule has 2 saturated heterocycles. The molecule has 2 fully saturated rings. The van der Waals surface area contributed by atoms with Gasteiger partial charge in [-0.05, 0) is 51.1 Å². The molecule has 1 atom stereocenters. The number of hydrogen-bond donors (Lipinski definition) is 1. The fraction of sp³-hybridized carbons (Fsp3) is 0.933. The number of rotatable bonds is 3. The minimum atomic E-state index is 0.300. The van der Waals surface area contributed by atoms with Crippen molar-refractivity contribution >= 4 is 5.91 Å². The summed E-state index contributed by atoms with van der Waals surface area (Å²) in [5.41, 5.74) is 0. The van der Waals surface area contributed by atoms with Crippen LogP contribution in [0, 0.1) is 11.8 Å². The highest BCUT2D eigenvalue weighted by Crippen LogP contribution is 2.24. The van der Waals surface area contributed by atoms with Crippen LogP contribution in [-0.2, 0) is 4.79 Å². The Bertz CT molecular complexity index is 261. The van der Waals surface area contributed by atoms with E-state index in [1.807, 2.05) is 0 Å². The van der Waals surface area contributed by atoms with Crippen LogP contribution in [-0.4, -0.2) is 37.0 Å². The summed E-state index contributed by atoms with van der Waals surface area (Å²) < 4.78 is 0. The number of nitrogens with one attached hydrogen (secondary N) is 1. The van der Waals surface area contributed by atoms with Crippen LogP contribution in [0.2, 0.25) is 0 Å². The summed E-state index contributed by atoms with van der Waals surface area (Å²) in [6.45, 7) is 6.31. The van der Waals surface area contributed by atoms with Crippen molar-refractivity contribution in [2.24, 2.45) is 11.8 Å². The first-order chi connectivity index (χ1) is 8.81. The molecule has 2 heterocycles. The van der Waals surface area contributed by atoms with Gasteiger partial charge >= 0.3 is 0 Å². The zero-order valence-electron chi connectivity index (χ0n) is 11.8. The van der Waals surface area contributed by atoms with Crippen molar-refractivity contribution in [3.8, 4) is 0 Å². The molecule has 0 bridgehead atoms. The van der Waals surface area contributed by atoms with Crippen LogP contribution in [0.5, 0.6) is 0 Å². The van der Waals surface area contributed by atoms with E-state index in [1.54, 1.807) is 0 Å². The van der Waals surface area contributed by atoms with Gasteiger partial charge in [0.05, 0.1) is 0 Å². The second-order valence-corrected chi connectivity index (χ2v) is 5.94. The fourth-order valence-corrected chi connectivity index (χ4v) is 3.41. The van der Waals surface area contributed by atoms with Crippen molar-refractivity contribution in [1.29, 1.82) is 0 Å². The molecular formula is C15H28N2O. The van der Waals surface area contributed by atoms with Gasteiger partial charge in [0, 0.05) is 19.0 Å². The molecule has 2 aliphatic rings. The number of hydrogen-bond acceptors (Lipinski definition) is 2. The molecule has 3 nitrogen and oxygen atoms in total. The SMILES string of the molecule is CCCC1CCCN(C(=O)C2CCNCC2)CC1. The van der Waals surface area contributed by atoms with Gasteiger partial charge in [-0.2, -0.15) is 0 Å². The van der Waals surface area contributed by atoms with Crippen molar-refractivity contribution < 1.29 is 4.79 Å². The molecule has 0 aromatic carbocycles. The third-order valence-corrected chi connectivity index (χ3v) is 4.54. The quantitative estimate of drug-likeness (QED) is 0.836. The van der Waals surface area contributed by atoms with E-state index in [4.69, 9.17) is 0 Å². The number of likely N-dealkylation sites (tertiary alicyclic amines) is 1. The second-order valence-electron chi connectivity index (χ2n) is 5.94. The predicted octanol–water partition coefficient (Wildman–Crippen LogP) is 2.41. The number of carbonyl (C=O) groups excluding carboxylic acids is 1. The first-order valence-corrected chi connectivity index (χ1v) is 7.80. The molecule has 2 aliphatic heterocycles. The van der Waals surface area contributed by atoms with Gasteiger partial charge in [-0.1, -0.05) is 19.8 Å². The second kappa shape index (κ2) is 7.13. The summed E-state index contributed by atoms with van der Waals surface area (Å²) in [4.78, 5) is 14.6. The van der Waals surface area contributed by atoms with Crippen LogP contribution in [0.1, 0.15) is 51.9 Å². The van der Waals surface area contributed by atoms with Crippen molar-refractivity contribution in [2.75, 3.05) is 26.2 Å². The zero-order chi connectivity index (χ0) is 12.8. The van der Waals surface area contributed by atoms with Gasteiger partial charge in [-0.15, -0.1) is 0 Å². The van der Waals surface area contributed by atoms with E-state index in [0.717, 1.165) is 44.9 Å². The normalized spacial score (nSPS) is 26.9. The molecule has 3 heteroatoms. The van der Waals surface area contributed by atoms with E-state index < -0.39 is 0 Å². The minimum absolute atomic E-state index is 0.300. The summed E-state index contributed by atoms with van der Waals surface area (Å²) >= 11 is 0. The van der Waals surface area contributed by atoms with Gasteiger partial charge in [-0.3, -0.25) is 4.79 Å². The molecule has 104 valence electrons. The molecule has 0 spiro atoms. The highest BCUT2D eigenvalue weighted by atomic mass is 16.2. The Kier molecular flexibility index (Phi) is 5.48. The lowest BCUT2D eigenvalue weighted by Gasteiger charge is -2.28. The maximum absolute atomic E-state index is 12.5. The third kappa shape index (κ3) is 3.71. The number of piperidine rings is 1. The molecule has 2 rings (SSSR count). The van der Waals surface area contributed by atoms with Crippen LogP contribution < -0.4 is 5.32 Å². The highest BCUT2D eigenvalue weighted by Gasteiger charge is 2.27. The molecule has 18 heavy (non-hydrogen) atoms. The average molecular weight is 252 g/mol. The molecule has 1 unspecified atom stereocenters. The molecule has 1 amide bonds. The maximum Gasteiger partial charge on any atom is 0.225 e. The van der Waals surface area contributed by atoms with Gasteiger partial charge in [0.1, 0.15) is 0 Å². The van der Waals surface area contributed by atoms with Gasteiger partial charge in [0.15, 0.2) is 0 Å². The molecule has 0 aromatic rings. The molecular weight excluding hydrogens is 224 g/mol. The van der Waals surface area contributed by atoms with Crippen LogP contribution in [0.3, 0.4) is 0 Å². The van der Waals surface area contributed by atoms with E-state index in [9.17, 15) is 4.79 Å². The summed E-state index contributed by atoms with van der Waals surface area (Å²) in [6, 6.07) is 0. The molecule has 0 radical (unpaired) electrons. The summed E-state index contributed by atoms with van der Waals surface area (Å²) in [6.07, 6.45) is 8.46. The average Bonchev–Trinajstić information content (AvgIpc) is 2.65. The van der Waals surface area contributed by atoms with E-state index in [0.29, 0.717) is 11.8 Å². The summed E-state index contributed by atoms with van der Waals surface area (Å²) in [5, 5.41) is 3.34. The van der Waals surface area contributed by atoms with E-state index >= 15 is 0 Å². The monoisotopic (exact) mass is 252 g/mol. The lowest BCUT2D eigenvalue weighted by Crippen LogP contribution is -2.41. The van der Waals surface area contributed by atoms with Crippen molar-refractivity contribution in [1.82, 2.24) is 10.2 Å². The maximum atomic E-state index is 12.5. The zero-order valence-corrected chi connectivity index (χ0v) is 11.8. The Morgan fingerprint density at radius 3 is 2.67 bits per heavy atom. The van der Waals surface area contributed by atoms with Crippen molar-refractivity contribution in [2.45, 2.75) is 51.9 Å². The van der Waals surface area contributed by atoms with Gasteiger partial charge < -0.3 is 10.2 Å². The topological polar surface area (TPSA) is 32.3 Å². The fourth-order valence-electron chi connectivity index (χ4n) is 3.41. The minimum Gasteiger partial charge on any atom is -0.342 e. The Hall–Kier alpha value is -0.570. The summed E-state index contributed by atoms with van der Waals surface area (Å²) in [5.74, 6) is 1.60. The van der Waals surface area contributed by atoms with Crippen LogP contribution in [0.25, 0.3) is 0 Å². The van der Waals surface area contributed by atoms with Crippen LogP contribution in [0.15, 0.2) is 0 Å². The van der Waals surface area contributed by atoms with E-state index in [2.05, 4.69) is 17.1 Å². The predicted molar refractivity (Wildman–Crippen MR) is 74.4 cm³/mol. The lowest BCUT2D eigenvalue weighted by atomic mass is 9.95. The van der Waals surface area contributed by atoms with Gasteiger partial charge in [-0.25, -0.2) is 0 Å². The Balaban J connectivity index is 1.82. The molecule has 0 aromatic heterocycles. The van der Waals surface area contributed by atoms with Gasteiger partial charge in [0.25, 0.3) is 0 Å². The third-order valence-electron chi connectivity index (χ3n) is 4.54. The standard InChI is InChI=1S/C15H28N2O/c1-2-4-13-5-3-11-17(12-8-13)15(18)14-6-9-16-10-7-14/h13-14,16H,2-12H2,1H3. The number of amides is 1. The van der Waals surface area contributed by atoms with Gasteiger partial charge in [0.2, 0.25) is 5.91 Å². The molecule has 1 N–H and O–H groups in total. The molecule has 0 saturated carbocycles.